The number of aromatic nitrogens is 4. The molecule has 0 saturated carbocycles. The third-order valence-corrected chi connectivity index (χ3v) is 7.57. The van der Waals surface area contributed by atoms with Crippen LogP contribution in [0.5, 0.6) is 0 Å². The van der Waals surface area contributed by atoms with Gasteiger partial charge in [-0.25, -0.2) is 9.78 Å². The molecule has 0 radical (unpaired) electrons. The second kappa shape index (κ2) is 12.4. The summed E-state index contributed by atoms with van der Waals surface area (Å²) in [6, 6.07) is 15.3. The lowest BCUT2D eigenvalue weighted by Crippen LogP contribution is -2.42. The first-order chi connectivity index (χ1) is 19.4. The second-order valence-electron chi connectivity index (χ2n) is 10.5. The highest BCUT2D eigenvalue weighted by atomic mass is 16.5. The molecule has 2 aromatic carbocycles. The number of nitrogens with one attached hydrogen (secondary N) is 2. The van der Waals surface area contributed by atoms with Crippen molar-refractivity contribution in [2.75, 3.05) is 26.8 Å². The normalized spacial score (nSPS) is 16.4. The minimum Gasteiger partial charge on any atom is -0.385 e. The Morgan fingerprint density at radius 3 is 2.75 bits per heavy atom. The van der Waals surface area contributed by atoms with Gasteiger partial charge in [0.1, 0.15) is 5.82 Å². The highest BCUT2D eigenvalue weighted by Gasteiger charge is 2.29. The van der Waals surface area contributed by atoms with E-state index in [1.807, 2.05) is 47.4 Å². The van der Waals surface area contributed by atoms with E-state index in [1.165, 1.54) is 6.20 Å². The standard InChI is InChI=1S/C30H36N6O4/c1-40-15-5-14-36-26-8-3-2-7-25(26)33-28(36)22-6-4-13-35(19-22)27(37)17-23(31)16-20-9-11-21(12-10-20)24-18-32-30(39)34-29(24)38/h2-3,7-12,18,22-23H,4-6,13-17,19,31H2,1H3,(H2,32,34,38,39)/t22-,23-/m1/s1. The Labute approximate surface area is 232 Å². The van der Waals surface area contributed by atoms with E-state index >= 15 is 0 Å². The summed E-state index contributed by atoms with van der Waals surface area (Å²) in [6.07, 6.45) is 5.03. The van der Waals surface area contributed by atoms with E-state index in [9.17, 15) is 14.4 Å². The van der Waals surface area contributed by atoms with E-state index in [4.69, 9.17) is 15.5 Å². The first kappa shape index (κ1) is 27.5. The minimum atomic E-state index is -0.540. The van der Waals surface area contributed by atoms with Gasteiger partial charge in [0.15, 0.2) is 0 Å². The molecule has 0 bridgehead atoms. The number of piperidine rings is 1. The van der Waals surface area contributed by atoms with E-state index < -0.39 is 11.2 Å². The number of carbonyl (C=O) groups is 1. The van der Waals surface area contributed by atoms with E-state index in [0.717, 1.165) is 54.8 Å². The molecule has 5 rings (SSSR count). The minimum absolute atomic E-state index is 0.0654. The number of hydrogen-bond acceptors (Lipinski definition) is 6. The SMILES string of the molecule is COCCCn1c([C@@H]2CCCN(C(=O)C[C@H](N)Cc3ccc(-c4c[nH]c(=O)[nH]c4=O)cc3)C2)nc2ccccc21. The fraction of sp³-hybridized carbons (Fsp3) is 0.400. The first-order valence-electron chi connectivity index (χ1n) is 13.8. The Morgan fingerprint density at radius 2 is 1.98 bits per heavy atom. The van der Waals surface area contributed by atoms with E-state index in [2.05, 4.69) is 20.6 Å². The summed E-state index contributed by atoms with van der Waals surface area (Å²) in [5, 5.41) is 0. The predicted octanol–water partition coefficient (Wildman–Crippen LogP) is 2.78. The first-order valence-corrected chi connectivity index (χ1v) is 13.8. The van der Waals surface area contributed by atoms with Crippen molar-refractivity contribution in [2.24, 2.45) is 5.73 Å². The zero-order chi connectivity index (χ0) is 28.1. The van der Waals surface area contributed by atoms with Crippen LogP contribution in [0.1, 0.15) is 43.0 Å². The van der Waals surface area contributed by atoms with Gasteiger partial charge in [0.05, 0.1) is 16.6 Å². The van der Waals surface area contributed by atoms with E-state index in [1.54, 1.807) is 7.11 Å². The monoisotopic (exact) mass is 544 g/mol. The van der Waals surface area contributed by atoms with Crippen LogP contribution < -0.4 is 17.0 Å². The number of ether oxygens (including phenoxy) is 1. The van der Waals surface area contributed by atoms with Crippen LogP contribution in [0.15, 0.2) is 64.3 Å². The Balaban J connectivity index is 1.22. The molecule has 1 fully saturated rings. The maximum Gasteiger partial charge on any atom is 0.325 e. The number of para-hydroxylation sites is 2. The third kappa shape index (κ3) is 6.24. The van der Waals surface area contributed by atoms with Crippen LogP contribution in [-0.2, 0) is 22.5 Å². The van der Waals surface area contributed by atoms with Crippen molar-refractivity contribution < 1.29 is 9.53 Å². The van der Waals surface area contributed by atoms with Gasteiger partial charge in [0.2, 0.25) is 5.91 Å². The molecule has 1 saturated heterocycles. The lowest BCUT2D eigenvalue weighted by Gasteiger charge is -2.33. The van der Waals surface area contributed by atoms with Crippen LogP contribution in [-0.4, -0.2) is 63.2 Å². The molecule has 1 aliphatic heterocycles. The summed E-state index contributed by atoms with van der Waals surface area (Å²) in [4.78, 5) is 48.3. The summed E-state index contributed by atoms with van der Waals surface area (Å²) in [5.41, 5.74) is 9.60. The number of rotatable bonds is 10. The van der Waals surface area contributed by atoms with Crippen LogP contribution >= 0.6 is 0 Å². The summed E-state index contributed by atoms with van der Waals surface area (Å²) >= 11 is 0. The number of aromatic amines is 2. The van der Waals surface area contributed by atoms with Crippen molar-refractivity contribution in [3.63, 3.8) is 0 Å². The number of H-pyrrole nitrogens is 2. The van der Waals surface area contributed by atoms with E-state index in [0.29, 0.717) is 30.7 Å². The molecular weight excluding hydrogens is 508 g/mol. The number of methoxy groups -OCH3 is 1. The number of nitrogens with two attached hydrogens (primary N) is 1. The fourth-order valence-electron chi connectivity index (χ4n) is 5.60. The molecule has 4 N–H and O–H groups in total. The third-order valence-electron chi connectivity index (χ3n) is 7.57. The molecule has 10 heteroatoms. The Kier molecular flexibility index (Phi) is 8.57. The van der Waals surface area contributed by atoms with Gasteiger partial charge in [-0.05, 0) is 48.9 Å². The average molecular weight is 545 g/mol. The number of aryl methyl sites for hydroxylation is 1. The molecule has 1 aliphatic rings. The highest BCUT2D eigenvalue weighted by Crippen LogP contribution is 2.30. The van der Waals surface area contributed by atoms with Crippen molar-refractivity contribution in [3.05, 3.63) is 87.0 Å². The zero-order valence-corrected chi connectivity index (χ0v) is 22.8. The Bertz CT molecular complexity index is 1570. The number of benzene rings is 2. The molecule has 2 atom stereocenters. The van der Waals surface area contributed by atoms with E-state index in [-0.39, 0.29) is 24.3 Å². The van der Waals surface area contributed by atoms with Gasteiger partial charge in [-0.1, -0.05) is 36.4 Å². The van der Waals surface area contributed by atoms with Crippen LogP contribution in [0, 0.1) is 0 Å². The molecule has 0 spiro atoms. The summed E-state index contributed by atoms with van der Waals surface area (Å²) in [7, 11) is 1.72. The molecule has 4 aromatic rings. The molecule has 40 heavy (non-hydrogen) atoms. The van der Waals surface area contributed by atoms with Crippen molar-refractivity contribution in [1.29, 1.82) is 0 Å². The molecule has 0 aliphatic carbocycles. The largest absolute Gasteiger partial charge is 0.385 e. The van der Waals surface area contributed by atoms with Gasteiger partial charge < -0.3 is 24.9 Å². The second-order valence-corrected chi connectivity index (χ2v) is 10.5. The highest BCUT2D eigenvalue weighted by molar-refractivity contribution is 5.78. The number of imidazole rings is 1. The predicted molar refractivity (Wildman–Crippen MR) is 154 cm³/mol. The number of likely N-dealkylation sites (tertiary alicyclic amines) is 1. The smallest absolute Gasteiger partial charge is 0.325 e. The molecule has 210 valence electrons. The van der Waals surface area contributed by atoms with Gasteiger partial charge in [-0.3, -0.25) is 14.6 Å². The van der Waals surface area contributed by atoms with Gasteiger partial charge in [-0.2, -0.15) is 0 Å². The van der Waals surface area contributed by atoms with Gasteiger partial charge in [-0.15, -0.1) is 0 Å². The number of nitrogens with zero attached hydrogens (tertiary/aromatic N) is 3. The quantitative estimate of drug-likeness (QED) is 0.262. The van der Waals surface area contributed by atoms with Crippen molar-refractivity contribution in [3.8, 4) is 11.1 Å². The Morgan fingerprint density at radius 1 is 1.18 bits per heavy atom. The molecule has 3 heterocycles. The van der Waals surface area contributed by atoms with Crippen molar-refractivity contribution >= 4 is 16.9 Å². The zero-order valence-electron chi connectivity index (χ0n) is 22.8. The Hall–Kier alpha value is -4.02. The lowest BCUT2D eigenvalue weighted by atomic mass is 9.95. The maximum absolute atomic E-state index is 13.3. The van der Waals surface area contributed by atoms with Crippen molar-refractivity contribution in [2.45, 2.75) is 50.6 Å². The molecular formula is C30H36N6O4. The topological polar surface area (TPSA) is 139 Å². The van der Waals surface area contributed by atoms with Crippen LogP contribution in [0.2, 0.25) is 0 Å². The number of fused-ring (bicyclic) bond motifs is 1. The van der Waals surface area contributed by atoms with Crippen LogP contribution in [0.3, 0.4) is 0 Å². The number of carbonyl (C=O) groups excluding carboxylic acids is 1. The fourth-order valence-corrected chi connectivity index (χ4v) is 5.60. The molecule has 1 amide bonds. The summed E-state index contributed by atoms with van der Waals surface area (Å²) < 4.78 is 7.57. The van der Waals surface area contributed by atoms with Crippen LogP contribution in [0.25, 0.3) is 22.2 Å². The molecule has 0 unspecified atom stereocenters. The van der Waals surface area contributed by atoms with Gasteiger partial charge >= 0.3 is 5.69 Å². The lowest BCUT2D eigenvalue weighted by molar-refractivity contribution is -0.132. The average Bonchev–Trinajstić information content (AvgIpc) is 3.32. The van der Waals surface area contributed by atoms with Gasteiger partial charge in [0, 0.05) is 57.9 Å². The van der Waals surface area contributed by atoms with Gasteiger partial charge in [0.25, 0.3) is 5.56 Å². The molecule has 2 aromatic heterocycles. The van der Waals surface area contributed by atoms with Crippen molar-refractivity contribution in [1.82, 2.24) is 24.4 Å². The number of amides is 1. The number of hydrogen-bond donors (Lipinski definition) is 3. The summed E-state index contributed by atoms with van der Waals surface area (Å²) in [5.74, 6) is 1.28. The maximum atomic E-state index is 13.3. The summed E-state index contributed by atoms with van der Waals surface area (Å²) in [6.45, 7) is 2.89. The molecule has 10 nitrogen and oxygen atoms in total. The van der Waals surface area contributed by atoms with Crippen LogP contribution in [0.4, 0.5) is 0 Å².